The van der Waals surface area contributed by atoms with Crippen LogP contribution in [-0.2, 0) is 33.3 Å². The van der Waals surface area contributed by atoms with Crippen LogP contribution in [0.25, 0.3) is 0 Å². The van der Waals surface area contributed by atoms with E-state index < -0.39 is 24.3 Å². The van der Waals surface area contributed by atoms with Gasteiger partial charge in [0, 0.05) is 12.8 Å². The van der Waals surface area contributed by atoms with E-state index in [1.165, 1.54) is 167 Å². The molecular formula is C86H144NO8+. The van der Waals surface area contributed by atoms with Gasteiger partial charge < -0.3 is 28.5 Å². The zero-order valence-corrected chi connectivity index (χ0v) is 61.8. The molecule has 0 spiro atoms. The number of allylic oxidation sites excluding steroid dienone is 26. The molecule has 0 aromatic rings. The summed E-state index contributed by atoms with van der Waals surface area (Å²) in [5.74, 6) is -2.07. The second-order valence-electron chi connectivity index (χ2n) is 26.6. The first-order valence-corrected chi connectivity index (χ1v) is 38.6. The average Bonchev–Trinajstić information content (AvgIpc) is 3.75. The Labute approximate surface area is 584 Å². The van der Waals surface area contributed by atoms with Crippen LogP contribution in [0.3, 0.4) is 0 Å². The molecule has 0 aliphatic heterocycles. The first-order valence-electron chi connectivity index (χ1n) is 38.6. The van der Waals surface area contributed by atoms with Gasteiger partial charge in [-0.25, -0.2) is 4.79 Å². The number of carboxylic acid groups (broad SMARTS) is 1. The summed E-state index contributed by atoms with van der Waals surface area (Å²) in [5.41, 5.74) is 0. The number of esters is 2. The molecule has 0 aromatic heterocycles. The van der Waals surface area contributed by atoms with Gasteiger partial charge in [0.1, 0.15) is 13.2 Å². The summed E-state index contributed by atoms with van der Waals surface area (Å²) in [6.45, 7) is 4.71. The van der Waals surface area contributed by atoms with Crippen LogP contribution in [0.5, 0.6) is 0 Å². The minimum absolute atomic E-state index is 0.172. The van der Waals surface area contributed by atoms with E-state index in [1.54, 1.807) is 0 Å². The maximum Gasteiger partial charge on any atom is 0.361 e. The van der Waals surface area contributed by atoms with Gasteiger partial charge in [0.25, 0.3) is 6.29 Å². The Morgan fingerprint density at radius 3 is 0.916 bits per heavy atom. The summed E-state index contributed by atoms with van der Waals surface area (Å²) in [7, 11) is 5.96. The number of carboxylic acids is 1. The third-order valence-electron chi connectivity index (χ3n) is 16.3. The first kappa shape index (κ1) is 89.9. The second-order valence-corrected chi connectivity index (χ2v) is 26.6. The van der Waals surface area contributed by atoms with Gasteiger partial charge in [-0.05, 0) is 128 Å². The number of carbonyl (C=O) groups is 3. The fourth-order valence-corrected chi connectivity index (χ4v) is 10.4. The number of likely N-dealkylation sites (N-methyl/N-ethyl adjacent to an activating group) is 1. The predicted octanol–water partition coefficient (Wildman–Crippen LogP) is 24.8. The molecule has 0 bridgehead atoms. The molecule has 0 saturated carbocycles. The highest BCUT2D eigenvalue weighted by molar-refractivity contribution is 5.71. The van der Waals surface area contributed by atoms with Crippen molar-refractivity contribution >= 4 is 17.9 Å². The van der Waals surface area contributed by atoms with Crippen molar-refractivity contribution in [2.24, 2.45) is 0 Å². The Morgan fingerprint density at radius 1 is 0.326 bits per heavy atom. The highest BCUT2D eigenvalue weighted by atomic mass is 16.7. The molecule has 1 N–H and O–H groups in total. The second kappa shape index (κ2) is 74.7. The van der Waals surface area contributed by atoms with E-state index >= 15 is 0 Å². The van der Waals surface area contributed by atoms with Gasteiger partial charge in [0.05, 0.1) is 34.4 Å². The van der Waals surface area contributed by atoms with E-state index in [2.05, 4.69) is 172 Å². The molecule has 2 atom stereocenters. The molecule has 0 amide bonds. The number of ether oxygens (including phenoxy) is 4. The molecule has 0 aliphatic rings. The topological polar surface area (TPSA) is 108 Å². The Kier molecular flexibility index (Phi) is 70.7. The molecule has 0 heterocycles. The summed E-state index contributed by atoms with van der Waals surface area (Å²) in [6.07, 6.45) is 108. The lowest BCUT2D eigenvalue weighted by atomic mass is 10.0. The molecule has 2 unspecified atom stereocenters. The zero-order chi connectivity index (χ0) is 69.0. The van der Waals surface area contributed by atoms with Gasteiger partial charge >= 0.3 is 17.9 Å². The molecule has 95 heavy (non-hydrogen) atoms. The van der Waals surface area contributed by atoms with Crippen molar-refractivity contribution in [2.45, 2.75) is 322 Å². The van der Waals surface area contributed by atoms with Crippen LogP contribution in [0.1, 0.15) is 309 Å². The smallest absolute Gasteiger partial charge is 0.361 e. The van der Waals surface area contributed by atoms with Crippen molar-refractivity contribution in [3.8, 4) is 0 Å². The minimum Gasteiger partial charge on any atom is -0.477 e. The van der Waals surface area contributed by atoms with Crippen LogP contribution in [0.2, 0.25) is 0 Å². The molecule has 9 nitrogen and oxygen atoms in total. The maximum atomic E-state index is 12.9. The fourth-order valence-electron chi connectivity index (χ4n) is 10.4. The fraction of sp³-hybridized carbons (Fsp3) is 0.663. The van der Waals surface area contributed by atoms with Gasteiger partial charge in [-0.3, -0.25) is 9.59 Å². The van der Waals surface area contributed by atoms with Crippen LogP contribution in [0.15, 0.2) is 158 Å². The SMILES string of the molecule is CC/C=C\C/C=C\C/C=C\C/C=C\C/C=C\C/C=C\C/C=C\C/C=C\C/C=C\C/C=C\CCCCC(=O)OC(COC(=O)CCCCCCCCCCCCCCCCCCCCCCCC/C=C\C/C=C\C/C=C\CCCCCCC)COC(OCC[N+](C)(C)C)C(=O)O. The van der Waals surface area contributed by atoms with Crippen LogP contribution >= 0.6 is 0 Å². The van der Waals surface area contributed by atoms with Crippen molar-refractivity contribution in [3.05, 3.63) is 158 Å². The summed E-state index contributed by atoms with van der Waals surface area (Å²) >= 11 is 0. The van der Waals surface area contributed by atoms with Crippen molar-refractivity contribution in [1.82, 2.24) is 0 Å². The predicted molar refractivity (Wildman–Crippen MR) is 410 cm³/mol. The Balaban J connectivity index is 4.15. The monoisotopic (exact) mass is 1320 g/mol. The van der Waals surface area contributed by atoms with E-state index in [-0.39, 0.29) is 38.6 Å². The van der Waals surface area contributed by atoms with Crippen LogP contribution in [0, 0.1) is 0 Å². The van der Waals surface area contributed by atoms with E-state index in [9.17, 15) is 19.5 Å². The lowest BCUT2D eigenvalue weighted by molar-refractivity contribution is -0.870. The number of hydrogen-bond acceptors (Lipinski definition) is 7. The van der Waals surface area contributed by atoms with Gasteiger partial charge in [0.15, 0.2) is 6.10 Å². The number of aliphatic carboxylic acids is 1. The number of rotatable bonds is 70. The normalized spacial score (nSPS) is 13.6. The Hall–Kier alpha value is -5.09. The van der Waals surface area contributed by atoms with Crippen molar-refractivity contribution in [2.75, 3.05) is 47.5 Å². The molecule has 0 aromatic carbocycles. The van der Waals surface area contributed by atoms with Crippen molar-refractivity contribution < 1.29 is 42.9 Å². The number of nitrogens with zero attached hydrogens (tertiary/aromatic N) is 1. The highest BCUT2D eigenvalue weighted by Gasteiger charge is 2.25. The summed E-state index contributed by atoms with van der Waals surface area (Å²) < 4.78 is 22.9. The van der Waals surface area contributed by atoms with E-state index in [1.807, 2.05) is 21.1 Å². The highest BCUT2D eigenvalue weighted by Crippen LogP contribution is 2.17. The lowest BCUT2D eigenvalue weighted by Gasteiger charge is -2.25. The van der Waals surface area contributed by atoms with Gasteiger partial charge in [-0.2, -0.15) is 0 Å². The van der Waals surface area contributed by atoms with E-state index in [0.29, 0.717) is 17.4 Å². The molecule has 0 rings (SSSR count). The van der Waals surface area contributed by atoms with Crippen LogP contribution in [0.4, 0.5) is 0 Å². The summed E-state index contributed by atoms with van der Waals surface area (Å²) in [4.78, 5) is 37.7. The largest absolute Gasteiger partial charge is 0.477 e. The number of carbonyl (C=O) groups excluding carboxylic acids is 2. The zero-order valence-electron chi connectivity index (χ0n) is 61.8. The third-order valence-corrected chi connectivity index (χ3v) is 16.3. The van der Waals surface area contributed by atoms with Crippen LogP contribution < -0.4 is 0 Å². The standard InChI is InChI=1S/C86H143NO8/c1-6-8-10-12-14-16-18-20-22-24-26-28-30-32-34-36-38-40-41-42-43-45-46-48-50-52-54-56-58-60-62-64-66-68-70-72-74-76-83(88)93-80-82(81-94-86(85(90)91)92-79-78-87(3,4)5)95-84(89)77-75-73-71-69-67-65-63-61-59-57-55-53-51-49-47-44-39-37-35-33-31-29-27-25-23-21-19-17-15-13-11-9-7-2/h9,11,15,17-18,20-21,23-24,26-27,29-30,32-33,35,39,44,49,51,55,57,61,63,67,69,82,86H,6-8,10,12-14,16,19,22,25,28,31,34,36-38,40-43,45-48,50,52-54,56,58-60,62,64-66,68,70-81H2,1-5H3/p+1/b11-9-,17-15-,20-18-,23-21-,26-24-,29-27-,32-30-,35-33-,44-39-,51-49-,57-55-,63-61-,69-67-. The van der Waals surface area contributed by atoms with E-state index in [4.69, 9.17) is 18.9 Å². The molecular weight excluding hydrogens is 1170 g/mol. The summed E-state index contributed by atoms with van der Waals surface area (Å²) in [5, 5.41) is 9.76. The summed E-state index contributed by atoms with van der Waals surface area (Å²) in [6, 6.07) is 0. The van der Waals surface area contributed by atoms with E-state index in [0.717, 1.165) is 109 Å². The van der Waals surface area contributed by atoms with Crippen molar-refractivity contribution in [3.63, 3.8) is 0 Å². The molecule has 540 valence electrons. The number of quaternary nitrogens is 1. The molecule has 0 fully saturated rings. The maximum absolute atomic E-state index is 12.9. The molecule has 0 radical (unpaired) electrons. The lowest BCUT2D eigenvalue weighted by Crippen LogP contribution is -2.40. The van der Waals surface area contributed by atoms with Crippen molar-refractivity contribution in [1.29, 1.82) is 0 Å². The minimum atomic E-state index is -1.53. The number of unbranched alkanes of at least 4 members (excludes halogenated alkanes) is 29. The van der Waals surface area contributed by atoms with Gasteiger partial charge in [0.2, 0.25) is 0 Å². The first-order chi connectivity index (χ1) is 46.6. The molecule has 9 heteroatoms. The third kappa shape index (κ3) is 76.1. The molecule has 0 saturated heterocycles. The number of hydrogen-bond donors (Lipinski definition) is 1. The molecule has 0 aliphatic carbocycles. The Morgan fingerprint density at radius 2 is 0.600 bits per heavy atom. The van der Waals surface area contributed by atoms with Gasteiger partial charge in [-0.1, -0.05) is 326 Å². The quantitative estimate of drug-likeness (QED) is 0.0211. The average molecular weight is 1320 g/mol. The van der Waals surface area contributed by atoms with Crippen LogP contribution in [-0.4, -0.2) is 87.4 Å². The Bertz CT molecular complexity index is 2130. The van der Waals surface area contributed by atoms with Gasteiger partial charge in [-0.15, -0.1) is 0 Å².